The molecule has 100 valence electrons. The van der Waals surface area contributed by atoms with Gasteiger partial charge in [0.1, 0.15) is 0 Å². The molecular weight excluding hydrogens is 264 g/mol. The summed E-state index contributed by atoms with van der Waals surface area (Å²) in [5, 5.41) is 7.95. The number of piperidine rings is 1. The van der Waals surface area contributed by atoms with Crippen LogP contribution in [0.2, 0.25) is 5.02 Å². The number of pyridine rings is 1. The first-order chi connectivity index (χ1) is 9.33. The molecule has 0 radical (unpaired) electrons. The van der Waals surface area contributed by atoms with Crippen LogP contribution in [0.4, 0.5) is 0 Å². The Morgan fingerprint density at radius 2 is 2.42 bits per heavy atom. The highest BCUT2D eigenvalue weighted by atomic mass is 35.5. The maximum Gasteiger partial charge on any atom is 0.259 e. The van der Waals surface area contributed by atoms with Crippen LogP contribution in [0.1, 0.15) is 18.7 Å². The van der Waals surface area contributed by atoms with Crippen LogP contribution in [-0.4, -0.2) is 28.2 Å². The summed E-state index contributed by atoms with van der Waals surface area (Å²) in [5.74, 6) is 1.80. The van der Waals surface area contributed by atoms with E-state index in [1.165, 1.54) is 12.8 Å². The molecule has 1 aliphatic heterocycles. The molecule has 1 atom stereocenters. The molecule has 5 nitrogen and oxygen atoms in total. The van der Waals surface area contributed by atoms with Crippen LogP contribution >= 0.6 is 11.6 Å². The lowest BCUT2D eigenvalue weighted by molar-refractivity contribution is 0.360. The monoisotopic (exact) mass is 278 g/mol. The van der Waals surface area contributed by atoms with Gasteiger partial charge in [-0.1, -0.05) is 16.8 Å². The molecule has 3 heterocycles. The molecule has 0 amide bonds. The maximum atomic E-state index is 6.06. The molecule has 1 aliphatic rings. The highest BCUT2D eigenvalue weighted by Gasteiger charge is 2.18. The number of aromatic nitrogens is 3. The minimum atomic E-state index is 0.464. The Morgan fingerprint density at radius 1 is 1.47 bits per heavy atom. The number of rotatable bonds is 3. The van der Waals surface area contributed by atoms with Crippen LogP contribution in [0, 0.1) is 5.92 Å². The third-order valence-electron chi connectivity index (χ3n) is 3.34. The van der Waals surface area contributed by atoms with Crippen LogP contribution in [-0.2, 0) is 6.42 Å². The van der Waals surface area contributed by atoms with E-state index < -0.39 is 0 Å². The summed E-state index contributed by atoms with van der Waals surface area (Å²) in [5.41, 5.74) is 0.734. The van der Waals surface area contributed by atoms with Crippen molar-refractivity contribution in [2.45, 2.75) is 19.3 Å². The van der Waals surface area contributed by atoms with E-state index >= 15 is 0 Å². The number of hydrogen-bond donors (Lipinski definition) is 1. The minimum absolute atomic E-state index is 0.464. The molecule has 2 aromatic heterocycles. The summed E-state index contributed by atoms with van der Waals surface area (Å²) in [4.78, 5) is 8.36. The van der Waals surface area contributed by atoms with Crippen LogP contribution in [0.15, 0.2) is 23.0 Å². The Morgan fingerprint density at radius 3 is 3.21 bits per heavy atom. The molecule has 0 bridgehead atoms. The smallest absolute Gasteiger partial charge is 0.259 e. The highest BCUT2D eigenvalue weighted by molar-refractivity contribution is 6.32. The van der Waals surface area contributed by atoms with Gasteiger partial charge in [0.25, 0.3) is 5.89 Å². The van der Waals surface area contributed by atoms with Gasteiger partial charge in [-0.25, -0.2) is 0 Å². The van der Waals surface area contributed by atoms with Crippen molar-refractivity contribution in [3.05, 3.63) is 29.3 Å². The molecule has 0 aliphatic carbocycles. The first-order valence-electron chi connectivity index (χ1n) is 6.46. The predicted octanol–water partition coefficient (Wildman–Crippen LogP) is 2.33. The average molecular weight is 279 g/mol. The fraction of sp³-hybridized carbons (Fsp3) is 0.462. The van der Waals surface area contributed by atoms with E-state index in [4.69, 9.17) is 16.1 Å². The zero-order chi connectivity index (χ0) is 13.1. The van der Waals surface area contributed by atoms with Gasteiger partial charge < -0.3 is 9.84 Å². The molecule has 1 saturated heterocycles. The van der Waals surface area contributed by atoms with Crippen molar-refractivity contribution in [2.24, 2.45) is 5.92 Å². The standard InChI is InChI=1S/C13H15ClN4O/c14-11-8-16-5-3-10(11)13-17-12(18-19-13)6-9-2-1-4-15-7-9/h3,5,8-9,15H,1-2,4,6-7H2. The van der Waals surface area contributed by atoms with Gasteiger partial charge in [-0.2, -0.15) is 4.98 Å². The fourth-order valence-corrected chi connectivity index (χ4v) is 2.55. The molecule has 0 aromatic carbocycles. The number of halogens is 1. The fourth-order valence-electron chi connectivity index (χ4n) is 2.35. The van der Waals surface area contributed by atoms with E-state index in [0.717, 1.165) is 30.9 Å². The second-order valence-electron chi connectivity index (χ2n) is 4.79. The van der Waals surface area contributed by atoms with Gasteiger partial charge >= 0.3 is 0 Å². The van der Waals surface area contributed by atoms with Crippen LogP contribution < -0.4 is 5.32 Å². The molecule has 19 heavy (non-hydrogen) atoms. The normalized spacial score (nSPS) is 19.5. The predicted molar refractivity (Wildman–Crippen MR) is 71.8 cm³/mol. The molecule has 6 heteroatoms. The van der Waals surface area contributed by atoms with E-state index in [1.807, 2.05) is 0 Å². The topological polar surface area (TPSA) is 63.8 Å². The van der Waals surface area contributed by atoms with Crippen molar-refractivity contribution < 1.29 is 4.52 Å². The summed E-state index contributed by atoms with van der Waals surface area (Å²) < 4.78 is 5.28. The molecule has 2 aromatic rings. The zero-order valence-electron chi connectivity index (χ0n) is 10.5. The lowest BCUT2D eigenvalue weighted by Gasteiger charge is -2.20. The van der Waals surface area contributed by atoms with Gasteiger partial charge in [-0.3, -0.25) is 4.98 Å². The average Bonchev–Trinajstić information content (AvgIpc) is 2.89. The highest BCUT2D eigenvalue weighted by Crippen LogP contribution is 2.25. The third kappa shape index (κ3) is 2.93. The van der Waals surface area contributed by atoms with Gasteiger partial charge in [0.2, 0.25) is 0 Å². The Bertz CT molecular complexity index is 551. The van der Waals surface area contributed by atoms with Gasteiger partial charge in [0, 0.05) is 18.8 Å². The molecule has 0 saturated carbocycles. The summed E-state index contributed by atoms with van der Waals surface area (Å²) in [6, 6.07) is 1.78. The van der Waals surface area contributed by atoms with Crippen LogP contribution in [0.3, 0.4) is 0 Å². The molecular formula is C13H15ClN4O. The van der Waals surface area contributed by atoms with Crippen molar-refractivity contribution in [1.82, 2.24) is 20.4 Å². The van der Waals surface area contributed by atoms with Crippen molar-refractivity contribution in [3.8, 4) is 11.5 Å². The molecule has 3 rings (SSSR count). The minimum Gasteiger partial charge on any atom is -0.334 e. The summed E-state index contributed by atoms with van der Waals surface area (Å²) in [6.07, 6.45) is 6.51. The van der Waals surface area contributed by atoms with E-state index in [0.29, 0.717) is 16.8 Å². The van der Waals surface area contributed by atoms with E-state index in [2.05, 4.69) is 20.4 Å². The lowest BCUT2D eigenvalue weighted by atomic mass is 9.96. The molecule has 1 N–H and O–H groups in total. The molecule has 1 unspecified atom stereocenters. The largest absolute Gasteiger partial charge is 0.334 e. The van der Waals surface area contributed by atoms with Gasteiger partial charge in [-0.05, 0) is 37.9 Å². The summed E-state index contributed by atoms with van der Waals surface area (Å²) in [7, 11) is 0. The SMILES string of the molecule is Clc1cnccc1-c1nc(CC2CCCNC2)no1. The van der Waals surface area contributed by atoms with E-state index in [9.17, 15) is 0 Å². The first-order valence-corrected chi connectivity index (χ1v) is 6.84. The Kier molecular flexibility index (Phi) is 3.75. The van der Waals surface area contributed by atoms with Gasteiger partial charge in [-0.15, -0.1) is 0 Å². The van der Waals surface area contributed by atoms with Gasteiger partial charge in [0.15, 0.2) is 5.82 Å². The van der Waals surface area contributed by atoms with Crippen molar-refractivity contribution >= 4 is 11.6 Å². The summed E-state index contributed by atoms with van der Waals surface area (Å²) in [6.45, 7) is 2.14. The van der Waals surface area contributed by atoms with E-state index in [-0.39, 0.29) is 0 Å². The number of nitrogens with one attached hydrogen (secondary N) is 1. The number of nitrogens with zero attached hydrogens (tertiary/aromatic N) is 3. The quantitative estimate of drug-likeness (QED) is 0.933. The first kappa shape index (κ1) is 12.6. The van der Waals surface area contributed by atoms with Crippen LogP contribution in [0.25, 0.3) is 11.5 Å². The van der Waals surface area contributed by atoms with Crippen molar-refractivity contribution in [2.75, 3.05) is 13.1 Å². The lowest BCUT2D eigenvalue weighted by Crippen LogP contribution is -2.31. The van der Waals surface area contributed by atoms with E-state index in [1.54, 1.807) is 18.5 Å². The Labute approximate surface area is 116 Å². The second kappa shape index (κ2) is 5.67. The Balaban J connectivity index is 1.74. The van der Waals surface area contributed by atoms with Crippen molar-refractivity contribution in [1.29, 1.82) is 0 Å². The molecule has 0 spiro atoms. The number of hydrogen-bond acceptors (Lipinski definition) is 5. The van der Waals surface area contributed by atoms with Crippen LogP contribution in [0.5, 0.6) is 0 Å². The second-order valence-corrected chi connectivity index (χ2v) is 5.19. The van der Waals surface area contributed by atoms with Gasteiger partial charge in [0.05, 0.1) is 10.6 Å². The Hall–Kier alpha value is -1.46. The molecule has 1 fully saturated rings. The van der Waals surface area contributed by atoms with Crippen molar-refractivity contribution in [3.63, 3.8) is 0 Å². The maximum absolute atomic E-state index is 6.06. The summed E-state index contributed by atoms with van der Waals surface area (Å²) >= 11 is 6.06. The zero-order valence-corrected chi connectivity index (χ0v) is 11.2. The third-order valence-corrected chi connectivity index (χ3v) is 3.64.